The van der Waals surface area contributed by atoms with Gasteiger partial charge >= 0.3 is 0 Å². The quantitative estimate of drug-likeness (QED) is 0.834. The monoisotopic (exact) mass is 232 g/mol. The molecule has 0 aliphatic carbocycles. The fourth-order valence-corrected chi connectivity index (χ4v) is 1.49. The van der Waals surface area contributed by atoms with E-state index in [4.69, 9.17) is 11.5 Å². The molecular formula is C12H13FN4. The molecule has 17 heavy (non-hydrogen) atoms. The minimum Gasteiger partial charge on any atom is -0.383 e. The average molecular weight is 232 g/mol. The van der Waals surface area contributed by atoms with E-state index in [1.807, 2.05) is 0 Å². The van der Waals surface area contributed by atoms with Crippen LogP contribution in [0, 0.1) is 5.82 Å². The Bertz CT molecular complexity index is 510. The zero-order valence-electron chi connectivity index (χ0n) is 9.23. The summed E-state index contributed by atoms with van der Waals surface area (Å²) in [5.74, 6) is 0.749. The van der Waals surface area contributed by atoms with Gasteiger partial charge in [0.1, 0.15) is 17.5 Å². The molecule has 2 aromatic rings. The molecule has 0 saturated heterocycles. The molecule has 4 N–H and O–H groups in total. The van der Waals surface area contributed by atoms with E-state index >= 15 is 0 Å². The molecule has 0 saturated carbocycles. The lowest BCUT2D eigenvalue weighted by Gasteiger charge is -2.04. The van der Waals surface area contributed by atoms with Gasteiger partial charge in [-0.15, -0.1) is 0 Å². The van der Waals surface area contributed by atoms with E-state index in [0.717, 1.165) is 11.1 Å². The lowest BCUT2D eigenvalue weighted by atomic mass is 10.1. The number of hydrogen-bond donors (Lipinski definition) is 2. The number of nitrogens with two attached hydrogens (primary N) is 2. The standard InChI is InChI=1S/C12H13FN4/c13-10-3-1-8(2-4-10)5-11-16-7-9(6-14)12(15)17-11/h1-4,7H,5-6,14H2,(H2,15,16,17). The first-order valence-electron chi connectivity index (χ1n) is 5.24. The molecule has 0 aliphatic heterocycles. The predicted molar refractivity (Wildman–Crippen MR) is 63.5 cm³/mol. The van der Waals surface area contributed by atoms with Crippen LogP contribution in [0.25, 0.3) is 0 Å². The highest BCUT2D eigenvalue weighted by Gasteiger charge is 2.04. The minimum absolute atomic E-state index is 0.257. The minimum atomic E-state index is -0.257. The molecule has 88 valence electrons. The second kappa shape index (κ2) is 4.88. The molecule has 0 bridgehead atoms. The van der Waals surface area contributed by atoms with Crippen molar-refractivity contribution >= 4 is 5.82 Å². The van der Waals surface area contributed by atoms with Gasteiger partial charge in [-0.25, -0.2) is 14.4 Å². The highest BCUT2D eigenvalue weighted by molar-refractivity contribution is 5.37. The van der Waals surface area contributed by atoms with Crippen molar-refractivity contribution in [2.45, 2.75) is 13.0 Å². The Labute approximate surface area is 98.5 Å². The number of aromatic nitrogens is 2. The maximum Gasteiger partial charge on any atom is 0.135 e. The second-order valence-electron chi connectivity index (χ2n) is 3.70. The summed E-state index contributed by atoms with van der Waals surface area (Å²) in [7, 11) is 0. The molecule has 0 atom stereocenters. The summed E-state index contributed by atoms with van der Waals surface area (Å²) in [6, 6.07) is 6.22. The highest BCUT2D eigenvalue weighted by Crippen LogP contribution is 2.10. The lowest BCUT2D eigenvalue weighted by Crippen LogP contribution is -2.07. The average Bonchev–Trinajstić information content (AvgIpc) is 2.32. The van der Waals surface area contributed by atoms with Crippen LogP contribution < -0.4 is 11.5 Å². The van der Waals surface area contributed by atoms with Crippen molar-refractivity contribution in [3.05, 3.63) is 53.2 Å². The van der Waals surface area contributed by atoms with E-state index < -0.39 is 0 Å². The normalized spacial score (nSPS) is 10.5. The van der Waals surface area contributed by atoms with Crippen LogP contribution in [0.1, 0.15) is 17.0 Å². The summed E-state index contributed by atoms with van der Waals surface area (Å²) < 4.78 is 12.7. The van der Waals surface area contributed by atoms with Crippen molar-refractivity contribution in [2.24, 2.45) is 5.73 Å². The molecule has 5 heteroatoms. The maximum atomic E-state index is 12.7. The van der Waals surface area contributed by atoms with Gasteiger partial charge in [-0.2, -0.15) is 0 Å². The SMILES string of the molecule is NCc1cnc(Cc2ccc(F)cc2)nc1N. The number of rotatable bonds is 3. The molecule has 0 spiro atoms. The zero-order chi connectivity index (χ0) is 12.3. The Morgan fingerprint density at radius 1 is 1.18 bits per heavy atom. The molecule has 0 unspecified atom stereocenters. The van der Waals surface area contributed by atoms with E-state index in [-0.39, 0.29) is 5.82 Å². The molecule has 1 aromatic carbocycles. The van der Waals surface area contributed by atoms with E-state index in [2.05, 4.69) is 9.97 Å². The van der Waals surface area contributed by atoms with Crippen molar-refractivity contribution in [3.8, 4) is 0 Å². The summed E-state index contributed by atoms with van der Waals surface area (Å²) in [5, 5.41) is 0. The summed E-state index contributed by atoms with van der Waals surface area (Å²) in [6.45, 7) is 0.322. The molecule has 1 heterocycles. The third kappa shape index (κ3) is 2.76. The molecule has 2 rings (SSSR count). The summed E-state index contributed by atoms with van der Waals surface area (Å²) >= 11 is 0. The topological polar surface area (TPSA) is 77.8 Å². The van der Waals surface area contributed by atoms with Gasteiger partial charge in [-0.05, 0) is 17.7 Å². The van der Waals surface area contributed by atoms with Gasteiger partial charge < -0.3 is 11.5 Å². The molecule has 0 fully saturated rings. The Balaban J connectivity index is 2.19. The molecule has 0 radical (unpaired) electrons. The molecular weight excluding hydrogens is 219 g/mol. The Morgan fingerprint density at radius 3 is 2.47 bits per heavy atom. The zero-order valence-corrected chi connectivity index (χ0v) is 9.23. The van der Waals surface area contributed by atoms with Gasteiger partial charge in [-0.1, -0.05) is 12.1 Å². The fourth-order valence-electron chi connectivity index (χ4n) is 1.49. The number of nitrogens with zero attached hydrogens (tertiary/aromatic N) is 2. The van der Waals surface area contributed by atoms with Crippen LogP contribution in [0.5, 0.6) is 0 Å². The van der Waals surface area contributed by atoms with Gasteiger partial charge in [0.25, 0.3) is 0 Å². The van der Waals surface area contributed by atoms with Crippen molar-refractivity contribution in [1.82, 2.24) is 9.97 Å². The Morgan fingerprint density at radius 2 is 1.88 bits per heavy atom. The van der Waals surface area contributed by atoms with Gasteiger partial charge in [0, 0.05) is 24.7 Å². The number of anilines is 1. The van der Waals surface area contributed by atoms with Crippen LogP contribution in [0.2, 0.25) is 0 Å². The van der Waals surface area contributed by atoms with E-state index in [0.29, 0.717) is 24.6 Å². The van der Waals surface area contributed by atoms with Crippen LogP contribution >= 0.6 is 0 Å². The maximum absolute atomic E-state index is 12.7. The molecule has 1 aromatic heterocycles. The molecule has 0 amide bonds. The Hall–Kier alpha value is -2.01. The van der Waals surface area contributed by atoms with Gasteiger partial charge in [-0.3, -0.25) is 0 Å². The van der Waals surface area contributed by atoms with Crippen LogP contribution in [0.3, 0.4) is 0 Å². The van der Waals surface area contributed by atoms with Crippen LogP contribution in [-0.4, -0.2) is 9.97 Å². The number of nitrogen functional groups attached to an aromatic ring is 1. The third-order valence-electron chi connectivity index (χ3n) is 2.44. The number of benzene rings is 1. The van der Waals surface area contributed by atoms with Crippen LogP contribution in [-0.2, 0) is 13.0 Å². The second-order valence-corrected chi connectivity index (χ2v) is 3.70. The van der Waals surface area contributed by atoms with E-state index in [1.165, 1.54) is 12.1 Å². The Kier molecular flexibility index (Phi) is 3.30. The highest BCUT2D eigenvalue weighted by atomic mass is 19.1. The van der Waals surface area contributed by atoms with Crippen molar-refractivity contribution in [3.63, 3.8) is 0 Å². The molecule has 4 nitrogen and oxygen atoms in total. The van der Waals surface area contributed by atoms with Gasteiger partial charge in [0.05, 0.1) is 0 Å². The van der Waals surface area contributed by atoms with Crippen molar-refractivity contribution in [1.29, 1.82) is 0 Å². The number of hydrogen-bond acceptors (Lipinski definition) is 4. The fraction of sp³-hybridized carbons (Fsp3) is 0.167. The molecule has 0 aliphatic rings. The number of halogens is 1. The first-order chi connectivity index (χ1) is 8.19. The lowest BCUT2D eigenvalue weighted by molar-refractivity contribution is 0.627. The van der Waals surface area contributed by atoms with E-state index in [1.54, 1.807) is 18.3 Å². The predicted octanol–water partition coefficient (Wildman–Crippen LogP) is 1.25. The van der Waals surface area contributed by atoms with Crippen LogP contribution in [0.15, 0.2) is 30.5 Å². The first-order valence-corrected chi connectivity index (χ1v) is 5.24. The van der Waals surface area contributed by atoms with Crippen molar-refractivity contribution < 1.29 is 4.39 Å². The van der Waals surface area contributed by atoms with Gasteiger partial charge in [0.15, 0.2) is 0 Å². The van der Waals surface area contributed by atoms with E-state index in [9.17, 15) is 4.39 Å². The smallest absolute Gasteiger partial charge is 0.135 e. The largest absolute Gasteiger partial charge is 0.383 e. The van der Waals surface area contributed by atoms with Crippen molar-refractivity contribution in [2.75, 3.05) is 5.73 Å². The third-order valence-corrected chi connectivity index (χ3v) is 2.44. The summed E-state index contributed by atoms with van der Waals surface area (Å²) in [4.78, 5) is 8.32. The first kappa shape index (κ1) is 11.5. The van der Waals surface area contributed by atoms with Crippen LogP contribution in [0.4, 0.5) is 10.2 Å². The van der Waals surface area contributed by atoms with Gasteiger partial charge in [0.2, 0.25) is 0 Å². The summed E-state index contributed by atoms with van der Waals surface area (Å²) in [5.41, 5.74) is 12.9. The summed E-state index contributed by atoms with van der Waals surface area (Å²) in [6.07, 6.45) is 2.15.